The summed E-state index contributed by atoms with van der Waals surface area (Å²) in [7, 11) is -4.32. The number of hydrogen-bond donors (Lipinski definition) is 0. The molecule has 0 N–H and O–H groups in total. The van der Waals surface area contributed by atoms with E-state index < -0.39 is 17.1 Å². The zero-order chi connectivity index (χ0) is 17.3. The molecule has 0 aromatic rings. The van der Waals surface area contributed by atoms with Crippen LogP contribution in [0.1, 0.15) is 48.0 Å². The normalized spacial score (nSPS) is 14.0. The van der Waals surface area contributed by atoms with Crippen LogP contribution in [0.2, 0.25) is 18.1 Å². The first-order valence-electron chi connectivity index (χ1n) is 8.37. The van der Waals surface area contributed by atoms with Gasteiger partial charge >= 0.3 is 8.80 Å². The van der Waals surface area contributed by atoms with E-state index in [-0.39, 0.29) is 5.04 Å². The van der Waals surface area contributed by atoms with Crippen molar-refractivity contribution in [2.75, 3.05) is 26.4 Å². The van der Waals surface area contributed by atoms with Crippen molar-refractivity contribution >= 4 is 17.1 Å². The summed E-state index contributed by atoms with van der Waals surface area (Å²) in [5.41, 5.74) is 2.00. The van der Waals surface area contributed by atoms with Gasteiger partial charge in [-0.2, -0.15) is 0 Å². The fraction of sp³-hybridized carbons (Fsp3) is 0.875. The van der Waals surface area contributed by atoms with E-state index in [2.05, 4.69) is 39.9 Å². The van der Waals surface area contributed by atoms with Crippen molar-refractivity contribution in [1.82, 2.24) is 0 Å². The summed E-state index contributed by atoms with van der Waals surface area (Å²) in [6.45, 7) is 19.7. The minimum Gasteiger partial charge on any atom is -0.417 e. The molecule has 22 heavy (non-hydrogen) atoms. The molecule has 0 rings (SSSR count). The Kier molecular flexibility index (Phi) is 10.0. The van der Waals surface area contributed by atoms with Crippen LogP contribution in [-0.4, -0.2) is 43.5 Å². The predicted molar refractivity (Wildman–Crippen MR) is 97.5 cm³/mol. The van der Waals surface area contributed by atoms with Gasteiger partial charge in [0.2, 0.25) is 0 Å². The van der Waals surface area contributed by atoms with Crippen molar-refractivity contribution in [1.29, 1.82) is 0 Å². The maximum atomic E-state index is 6.17. The molecular formula is C16H36O4Si2. The average Bonchev–Trinajstić information content (AvgIpc) is 2.37. The largest absolute Gasteiger partial charge is 0.529 e. The maximum absolute atomic E-state index is 6.17. The molecule has 0 saturated heterocycles. The zero-order valence-electron chi connectivity index (χ0n) is 15.8. The Morgan fingerprint density at radius 1 is 0.818 bits per heavy atom. The second-order valence-electron chi connectivity index (χ2n) is 6.70. The Balaban J connectivity index is 4.53. The molecule has 0 aromatic carbocycles. The minimum absolute atomic E-state index is 0.247. The second-order valence-corrected chi connectivity index (χ2v) is 13.9. The van der Waals surface area contributed by atoms with E-state index in [1.165, 1.54) is 0 Å². The summed E-state index contributed by atoms with van der Waals surface area (Å²) in [6, 6.07) is 0. The third-order valence-electron chi connectivity index (χ3n) is 3.91. The summed E-state index contributed by atoms with van der Waals surface area (Å²) >= 11 is 0. The summed E-state index contributed by atoms with van der Waals surface area (Å²) < 4.78 is 23.5. The topological polar surface area (TPSA) is 36.9 Å². The van der Waals surface area contributed by atoms with E-state index in [9.17, 15) is 0 Å². The van der Waals surface area contributed by atoms with Crippen LogP contribution in [0.15, 0.2) is 11.8 Å². The van der Waals surface area contributed by atoms with E-state index in [0.29, 0.717) is 19.8 Å². The molecule has 0 spiro atoms. The van der Waals surface area contributed by atoms with E-state index in [4.69, 9.17) is 17.7 Å². The lowest BCUT2D eigenvalue weighted by Gasteiger charge is -2.36. The molecule has 0 saturated carbocycles. The van der Waals surface area contributed by atoms with Gasteiger partial charge in [-0.05, 0) is 51.0 Å². The molecule has 0 atom stereocenters. The van der Waals surface area contributed by atoms with Crippen LogP contribution in [-0.2, 0) is 17.7 Å². The van der Waals surface area contributed by atoms with Gasteiger partial charge in [0.15, 0.2) is 8.32 Å². The summed E-state index contributed by atoms with van der Waals surface area (Å²) in [5, 5.41) is 0.247. The van der Waals surface area contributed by atoms with Gasteiger partial charge in [-0.15, -0.1) is 0 Å². The van der Waals surface area contributed by atoms with Crippen LogP contribution < -0.4 is 0 Å². The van der Waals surface area contributed by atoms with Crippen molar-refractivity contribution in [3.8, 4) is 0 Å². The fourth-order valence-electron chi connectivity index (χ4n) is 1.70. The van der Waals surface area contributed by atoms with Crippen LogP contribution in [0, 0.1) is 0 Å². The Morgan fingerprint density at radius 3 is 1.64 bits per heavy atom. The smallest absolute Gasteiger partial charge is 0.417 e. The molecule has 0 fully saturated rings. The Bertz CT molecular complexity index is 308. The van der Waals surface area contributed by atoms with Gasteiger partial charge in [-0.1, -0.05) is 26.8 Å². The summed E-state index contributed by atoms with van der Waals surface area (Å²) in [4.78, 5) is 0. The van der Waals surface area contributed by atoms with E-state index in [1.807, 2.05) is 26.5 Å². The standard InChI is InChI=1S/C16H36O4Si2/c1-9-17-22(18-10-2,19-11-3)15-13-12-14-20-21(7,8)16(4,5)6/h13,15H,9-12,14H2,1-8H3/b15-13+. The first-order valence-corrected chi connectivity index (χ1v) is 13.1. The SMILES string of the molecule is CCO[Si](/C=C/CCO[Si](C)(C)C(C)(C)C)(OCC)OCC. The lowest BCUT2D eigenvalue weighted by molar-refractivity contribution is 0.0842. The second kappa shape index (κ2) is 10.00. The number of hydrogen-bond acceptors (Lipinski definition) is 4. The van der Waals surface area contributed by atoms with Crippen LogP contribution in [0.5, 0.6) is 0 Å². The molecule has 4 nitrogen and oxygen atoms in total. The molecule has 0 amide bonds. The Labute approximate surface area is 139 Å². The molecule has 0 aromatic heterocycles. The van der Waals surface area contributed by atoms with Crippen molar-refractivity contribution in [2.24, 2.45) is 0 Å². The average molecular weight is 349 g/mol. The molecule has 0 aliphatic rings. The lowest BCUT2D eigenvalue weighted by atomic mass is 10.2. The summed E-state index contributed by atoms with van der Waals surface area (Å²) in [6.07, 6.45) is 2.94. The third kappa shape index (κ3) is 7.52. The van der Waals surface area contributed by atoms with Crippen molar-refractivity contribution in [2.45, 2.75) is 66.1 Å². The molecule has 0 aliphatic carbocycles. The highest BCUT2D eigenvalue weighted by molar-refractivity contribution is 6.74. The first-order chi connectivity index (χ1) is 10.1. The highest BCUT2D eigenvalue weighted by atomic mass is 28.4. The van der Waals surface area contributed by atoms with Crippen molar-refractivity contribution < 1.29 is 17.7 Å². The van der Waals surface area contributed by atoms with Gasteiger partial charge in [0.1, 0.15) is 0 Å². The number of rotatable bonds is 11. The van der Waals surface area contributed by atoms with Crippen LogP contribution >= 0.6 is 0 Å². The lowest BCUT2D eigenvalue weighted by Crippen LogP contribution is -2.44. The van der Waals surface area contributed by atoms with E-state index >= 15 is 0 Å². The highest BCUT2D eigenvalue weighted by Crippen LogP contribution is 2.36. The van der Waals surface area contributed by atoms with Gasteiger partial charge in [0.25, 0.3) is 0 Å². The Morgan fingerprint density at radius 2 is 1.27 bits per heavy atom. The maximum Gasteiger partial charge on any atom is 0.529 e. The van der Waals surface area contributed by atoms with Crippen LogP contribution in [0.4, 0.5) is 0 Å². The third-order valence-corrected chi connectivity index (χ3v) is 11.2. The molecular weight excluding hydrogens is 312 g/mol. The molecule has 6 heteroatoms. The van der Waals surface area contributed by atoms with Crippen LogP contribution in [0.25, 0.3) is 0 Å². The van der Waals surface area contributed by atoms with E-state index in [0.717, 1.165) is 13.0 Å². The monoisotopic (exact) mass is 348 g/mol. The first kappa shape index (κ1) is 22.0. The van der Waals surface area contributed by atoms with Gasteiger partial charge in [-0.3, -0.25) is 0 Å². The van der Waals surface area contributed by atoms with Gasteiger partial charge in [0, 0.05) is 26.4 Å². The zero-order valence-corrected chi connectivity index (χ0v) is 17.8. The van der Waals surface area contributed by atoms with E-state index in [1.54, 1.807) is 0 Å². The highest BCUT2D eigenvalue weighted by Gasteiger charge is 2.38. The Hall–Kier alpha value is 0.0138. The van der Waals surface area contributed by atoms with Crippen molar-refractivity contribution in [3.05, 3.63) is 11.8 Å². The van der Waals surface area contributed by atoms with Gasteiger partial charge in [-0.25, -0.2) is 0 Å². The van der Waals surface area contributed by atoms with Crippen molar-refractivity contribution in [3.63, 3.8) is 0 Å². The molecule has 0 aliphatic heterocycles. The molecule has 0 unspecified atom stereocenters. The molecule has 0 bridgehead atoms. The quantitative estimate of drug-likeness (QED) is 0.406. The summed E-state index contributed by atoms with van der Waals surface area (Å²) in [5.74, 6) is 0. The molecule has 132 valence electrons. The molecule has 0 heterocycles. The van der Waals surface area contributed by atoms with Crippen LogP contribution in [0.3, 0.4) is 0 Å². The predicted octanol–water partition coefficient (Wildman–Crippen LogP) is 4.54. The fourth-order valence-corrected chi connectivity index (χ4v) is 4.96. The van der Waals surface area contributed by atoms with Gasteiger partial charge < -0.3 is 17.7 Å². The molecule has 0 radical (unpaired) electrons. The van der Waals surface area contributed by atoms with Gasteiger partial charge in [0.05, 0.1) is 0 Å². The minimum atomic E-state index is -2.65.